The van der Waals surface area contributed by atoms with Crippen molar-refractivity contribution in [2.45, 2.75) is 18.0 Å². The van der Waals surface area contributed by atoms with Crippen molar-refractivity contribution in [3.05, 3.63) is 108 Å². The Morgan fingerprint density at radius 3 is 2.39 bits per heavy atom. The maximum atomic E-state index is 12.5. The fourth-order valence-corrected chi connectivity index (χ4v) is 3.92. The Kier molecular flexibility index (Phi) is 6.38. The number of carbonyl (C=O) groups is 1. The summed E-state index contributed by atoms with van der Waals surface area (Å²) in [7, 11) is -1.06. The Bertz CT molecular complexity index is 1180. The molecule has 1 aromatic heterocycles. The van der Waals surface area contributed by atoms with Crippen LogP contribution in [0.3, 0.4) is 0 Å². The summed E-state index contributed by atoms with van der Waals surface area (Å²) in [5.41, 5.74) is 4.96. The smallest absolute Gasteiger partial charge is 0.251 e. The molecule has 0 saturated carbocycles. The first-order valence-corrected chi connectivity index (χ1v) is 11.5. The van der Waals surface area contributed by atoms with Crippen LogP contribution in [0.15, 0.2) is 96.2 Å². The fraction of sp³-hybridized carbons (Fsp3) is 0.120. The second kappa shape index (κ2) is 9.53. The third-order valence-electron chi connectivity index (χ3n) is 5.07. The van der Waals surface area contributed by atoms with Crippen molar-refractivity contribution in [1.29, 1.82) is 0 Å². The van der Waals surface area contributed by atoms with Gasteiger partial charge >= 0.3 is 0 Å². The molecule has 156 valence electrons. The highest BCUT2D eigenvalue weighted by Crippen LogP contribution is 2.24. The molecule has 1 unspecified atom stereocenters. The van der Waals surface area contributed by atoms with Crippen LogP contribution in [0.2, 0.25) is 0 Å². The predicted molar refractivity (Wildman–Crippen MR) is 123 cm³/mol. The molecule has 31 heavy (non-hydrogen) atoms. The van der Waals surface area contributed by atoms with Crippen molar-refractivity contribution in [3.63, 3.8) is 0 Å². The number of hydrogen-bond acceptors (Lipinski definition) is 3. The number of amides is 1. The molecular formula is C25H23N3O2S. The molecule has 0 aliphatic heterocycles. The van der Waals surface area contributed by atoms with Gasteiger partial charge in [0.2, 0.25) is 0 Å². The van der Waals surface area contributed by atoms with Gasteiger partial charge in [0.05, 0.1) is 6.54 Å². The average Bonchev–Trinajstić information content (AvgIpc) is 3.31. The van der Waals surface area contributed by atoms with Crippen LogP contribution >= 0.6 is 0 Å². The molecule has 0 fully saturated rings. The number of hydrogen-bond donors (Lipinski definition) is 1. The maximum Gasteiger partial charge on any atom is 0.251 e. The van der Waals surface area contributed by atoms with Gasteiger partial charge in [-0.1, -0.05) is 48.5 Å². The average molecular weight is 430 g/mol. The Labute approximate surface area is 184 Å². The lowest BCUT2D eigenvalue weighted by atomic mass is 9.98. The van der Waals surface area contributed by atoms with Crippen LogP contribution in [0.4, 0.5) is 0 Å². The van der Waals surface area contributed by atoms with Crippen LogP contribution in [0.1, 0.15) is 21.5 Å². The topological polar surface area (TPSA) is 64.0 Å². The lowest BCUT2D eigenvalue weighted by Gasteiger charge is -2.12. The molecule has 3 aromatic carbocycles. The van der Waals surface area contributed by atoms with Gasteiger partial charge < -0.3 is 5.32 Å². The highest BCUT2D eigenvalue weighted by molar-refractivity contribution is 7.84. The van der Waals surface area contributed by atoms with Crippen molar-refractivity contribution >= 4 is 16.7 Å². The molecule has 1 heterocycles. The molecule has 5 nitrogen and oxygen atoms in total. The molecule has 0 aliphatic carbocycles. The minimum absolute atomic E-state index is 0.155. The summed E-state index contributed by atoms with van der Waals surface area (Å²) >= 11 is 0. The zero-order valence-corrected chi connectivity index (χ0v) is 18.0. The molecule has 6 heteroatoms. The second-order valence-corrected chi connectivity index (χ2v) is 8.60. The van der Waals surface area contributed by atoms with Crippen LogP contribution in [0, 0.1) is 0 Å². The molecule has 0 aliphatic rings. The third-order valence-corrected chi connectivity index (χ3v) is 6.01. The summed E-state index contributed by atoms with van der Waals surface area (Å²) in [6.45, 7) is 1.15. The van der Waals surface area contributed by atoms with Gasteiger partial charge in [0.25, 0.3) is 5.91 Å². The summed E-state index contributed by atoms with van der Waals surface area (Å²) in [6.07, 6.45) is 5.34. The van der Waals surface area contributed by atoms with Crippen LogP contribution in [0.5, 0.6) is 0 Å². The van der Waals surface area contributed by atoms with E-state index in [0.29, 0.717) is 17.0 Å². The van der Waals surface area contributed by atoms with Gasteiger partial charge in [-0.25, -0.2) is 0 Å². The van der Waals surface area contributed by atoms with Crippen LogP contribution in [-0.4, -0.2) is 26.2 Å². The van der Waals surface area contributed by atoms with E-state index in [1.807, 2.05) is 35.1 Å². The van der Waals surface area contributed by atoms with Gasteiger partial charge in [-0.2, -0.15) is 5.10 Å². The lowest BCUT2D eigenvalue weighted by Crippen LogP contribution is -2.23. The van der Waals surface area contributed by atoms with E-state index in [1.54, 1.807) is 36.7 Å². The highest BCUT2D eigenvalue weighted by atomic mass is 32.2. The van der Waals surface area contributed by atoms with E-state index >= 15 is 0 Å². The number of aromatic nitrogens is 2. The zero-order chi connectivity index (χ0) is 21.6. The Morgan fingerprint density at radius 2 is 1.71 bits per heavy atom. The number of nitrogens with zero attached hydrogens (tertiary/aromatic N) is 2. The molecule has 1 atom stereocenters. The minimum Gasteiger partial charge on any atom is -0.348 e. The molecule has 0 bridgehead atoms. The highest BCUT2D eigenvalue weighted by Gasteiger charge is 2.09. The van der Waals surface area contributed by atoms with E-state index in [-0.39, 0.29) is 5.91 Å². The SMILES string of the molecule is CS(=O)c1ccc(C(=O)NCc2ccccc2-c2ccc(Cn3cccn3)cc2)cc1. The number of benzene rings is 3. The molecule has 4 rings (SSSR count). The number of rotatable bonds is 7. The third kappa shape index (κ3) is 5.16. The van der Waals surface area contributed by atoms with Gasteiger partial charge in [-0.05, 0) is 52.6 Å². The van der Waals surface area contributed by atoms with Gasteiger partial charge in [0, 0.05) is 46.5 Å². The van der Waals surface area contributed by atoms with Crippen LogP contribution in [0.25, 0.3) is 11.1 Å². The predicted octanol–water partition coefficient (Wildman–Crippen LogP) is 4.27. The quantitative estimate of drug-likeness (QED) is 0.477. The first kappa shape index (κ1) is 20.8. The van der Waals surface area contributed by atoms with E-state index in [1.165, 1.54) is 5.56 Å². The normalized spacial score (nSPS) is 11.8. The van der Waals surface area contributed by atoms with Crippen molar-refractivity contribution in [3.8, 4) is 11.1 Å². The minimum atomic E-state index is -1.06. The zero-order valence-electron chi connectivity index (χ0n) is 17.2. The molecule has 1 N–H and O–H groups in total. The van der Waals surface area contributed by atoms with Crippen molar-refractivity contribution in [2.24, 2.45) is 0 Å². The summed E-state index contributed by atoms with van der Waals surface area (Å²) in [5, 5.41) is 7.24. The monoisotopic (exact) mass is 429 g/mol. The Morgan fingerprint density at radius 1 is 0.968 bits per heavy atom. The van der Waals surface area contributed by atoms with E-state index in [2.05, 4.69) is 40.7 Å². The maximum absolute atomic E-state index is 12.5. The van der Waals surface area contributed by atoms with E-state index in [4.69, 9.17) is 0 Å². The lowest BCUT2D eigenvalue weighted by molar-refractivity contribution is 0.0951. The Hall–Kier alpha value is -3.51. The van der Waals surface area contributed by atoms with Crippen molar-refractivity contribution < 1.29 is 9.00 Å². The largest absolute Gasteiger partial charge is 0.348 e. The van der Waals surface area contributed by atoms with Gasteiger partial charge in [0.15, 0.2) is 0 Å². The summed E-state index contributed by atoms with van der Waals surface area (Å²) in [4.78, 5) is 13.3. The molecule has 0 radical (unpaired) electrons. The van der Waals surface area contributed by atoms with E-state index in [9.17, 15) is 9.00 Å². The van der Waals surface area contributed by atoms with E-state index in [0.717, 1.165) is 23.2 Å². The number of carbonyl (C=O) groups excluding carboxylic acids is 1. The first-order chi connectivity index (χ1) is 15.1. The van der Waals surface area contributed by atoms with Crippen LogP contribution < -0.4 is 5.32 Å². The van der Waals surface area contributed by atoms with Crippen molar-refractivity contribution in [2.75, 3.05) is 6.26 Å². The standard InChI is InChI=1S/C25H23N3O2S/c1-31(30)23-13-11-21(12-14-23)25(29)26-17-22-5-2-3-6-24(22)20-9-7-19(8-10-20)18-28-16-4-15-27-28/h2-16H,17-18H2,1H3,(H,26,29). The Balaban J connectivity index is 1.45. The van der Waals surface area contributed by atoms with Crippen molar-refractivity contribution in [1.82, 2.24) is 15.1 Å². The van der Waals surface area contributed by atoms with Gasteiger partial charge in [-0.3, -0.25) is 13.7 Å². The molecule has 0 spiro atoms. The molecular weight excluding hydrogens is 406 g/mol. The molecule has 4 aromatic rings. The second-order valence-electron chi connectivity index (χ2n) is 7.22. The fourth-order valence-electron chi connectivity index (χ4n) is 3.40. The summed E-state index contributed by atoms with van der Waals surface area (Å²) in [5.74, 6) is -0.155. The van der Waals surface area contributed by atoms with Crippen LogP contribution in [-0.2, 0) is 23.9 Å². The summed E-state index contributed by atoms with van der Waals surface area (Å²) in [6, 6.07) is 25.2. The molecule has 0 saturated heterocycles. The molecule has 1 amide bonds. The number of nitrogens with one attached hydrogen (secondary N) is 1. The van der Waals surface area contributed by atoms with Gasteiger partial charge in [0.1, 0.15) is 0 Å². The van der Waals surface area contributed by atoms with E-state index < -0.39 is 10.8 Å². The summed E-state index contributed by atoms with van der Waals surface area (Å²) < 4.78 is 13.4. The first-order valence-electron chi connectivity index (χ1n) is 9.96. The van der Waals surface area contributed by atoms with Gasteiger partial charge in [-0.15, -0.1) is 0 Å².